The fourth-order valence-electron chi connectivity index (χ4n) is 4.13. The van der Waals surface area contributed by atoms with Gasteiger partial charge in [-0.25, -0.2) is 17.4 Å². The zero-order valence-electron chi connectivity index (χ0n) is 17.5. The molecule has 2 aromatic carbocycles. The second kappa shape index (κ2) is 8.29. The van der Waals surface area contributed by atoms with E-state index in [1.807, 2.05) is 42.5 Å². The second-order valence-electron chi connectivity index (χ2n) is 8.03. The van der Waals surface area contributed by atoms with Crippen LogP contribution in [-0.4, -0.2) is 42.3 Å². The average Bonchev–Trinajstić information content (AvgIpc) is 3.46. The molecule has 0 amide bonds. The van der Waals surface area contributed by atoms with Crippen molar-refractivity contribution in [3.05, 3.63) is 72.4 Å². The van der Waals surface area contributed by atoms with E-state index in [2.05, 4.69) is 10.6 Å². The molecule has 7 nitrogen and oxygen atoms in total. The lowest BCUT2D eigenvalue weighted by Gasteiger charge is -2.15. The summed E-state index contributed by atoms with van der Waals surface area (Å²) in [7, 11) is -3.62. The van der Waals surface area contributed by atoms with Crippen LogP contribution in [0.3, 0.4) is 0 Å². The summed E-state index contributed by atoms with van der Waals surface area (Å²) in [5.41, 5.74) is 8.71. The molecule has 1 saturated heterocycles. The Morgan fingerprint density at radius 1 is 1.12 bits per heavy atom. The molecule has 164 valence electrons. The van der Waals surface area contributed by atoms with E-state index in [9.17, 15) is 8.42 Å². The maximum absolute atomic E-state index is 13.3. The summed E-state index contributed by atoms with van der Waals surface area (Å²) in [5.74, 6) is 0.603. The zero-order valence-corrected chi connectivity index (χ0v) is 18.3. The van der Waals surface area contributed by atoms with E-state index in [0.29, 0.717) is 11.2 Å². The van der Waals surface area contributed by atoms with Crippen molar-refractivity contribution < 1.29 is 8.42 Å². The van der Waals surface area contributed by atoms with Gasteiger partial charge >= 0.3 is 0 Å². The van der Waals surface area contributed by atoms with Crippen LogP contribution in [0.5, 0.6) is 0 Å². The van der Waals surface area contributed by atoms with Gasteiger partial charge in [-0.1, -0.05) is 42.5 Å². The summed E-state index contributed by atoms with van der Waals surface area (Å²) >= 11 is 0. The summed E-state index contributed by atoms with van der Waals surface area (Å²) in [5, 5.41) is 8.47. The SMILES string of the molecule is Nc1ccc(C=CCS(=O)(=O)n2ccc3c(NC4CCNC4)nc4ccccc4c32)cc1. The maximum atomic E-state index is 13.3. The summed E-state index contributed by atoms with van der Waals surface area (Å²) in [6.45, 7) is 1.83. The lowest BCUT2D eigenvalue weighted by molar-refractivity contribution is 0.592. The normalized spacial score (nSPS) is 16.9. The molecule has 4 aromatic rings. The number of benzene rings is 2. The molecule has 32 heavy (non-hydrogen) atoms. The zero-order chi connectivity index (χ0) is 22.1. The van der Waals surface area contributed by atoms with Gasteiger partial charge in [0, 0.05) is 35.2 Å². The van der Waals surface area contributed by atoms with Crippen molar-refractivity contribution in [2.75, 3.05) is 29.9 Å². The van der Waals surface area contributed by atoms with Gasteiger partial charge < -0.3 is 16.4 Å². The van der Waals surface area contributed by atoms with Crippen LogP contribution in [0.25, 0.3) is 27.9 Å². The highest BCUT2D eigenvalue weighted by Gasteiger charge is 2.21. The Morgan fingerprint density at radius 3 is 2.72 bits per heavy atom. The minimum Gasteiger partial charge on any atom is -0.399 e. The third-order valence-electron chi connectivity index (χ3n) is 5.75. The second-order valence-corrected chi connectivity index (χ2v) is 9.92. The van der Waals surface area contributed by atoms with Crippen LogP contribution in [0.1, 0.15) is 12.0 Å². The quantitative estimate of drug-likeness (QED) is 0.392. The van der Waals surface area contributed by atoms with Crippen LogP contribution < -0.4 is 16.4 Å². The van der Waals surface area contributed by atoms with Crippen molar-refractivity contribution in [1.29, 1.82) is 0 Å². The molecule has 1 atom stereocenters. The lowest BCUT2D eigenvalue weighted by atomic mass is 10.1. The Kier molecular flexibility index (Phi) is 5.32. The molecule has 1 aliphatic rings. The van der Waals surface area contributed by atoms with E-state index < -0.39 is 10.0 Å². The van der Waals surface area contributed by atoms with Crippen molar-refractivity contribution in [1.82, 2.24) is 14.3 Å². The van der Waals surface area contributed by atoms with Crippen LogP contribution in [0.2, 0.25) is 0 Å². The van der Waals surface area contributed by atoms with Crippen LogP contribution in [0.15, 0.2) is 66.9 Å². The first-order chi connectivity index (χ1) is 15.5. The molecule has 0 aliphatic carbocycles. The van der Waals surface area contributed by atoms with Gasteiger partial charge in [-0.15, -0.1) is 0 Å². The van der Waals surface area contributed by atoms with Gasteiger partial charge in [0.2, 0.25) is 10.0 Å². The summed E-state index contributed by atoms with van der Waals surface area (Å²) < 4.78 is 28.0. The van der Waals surface area contributed by atoms with Crippen LogP contribution in [0, 0.1) is 0 Å². The summed E-state index contributed by atoms with van der Waals surface area (Å²) in [4.78, 5) is 4.80. The number of nitrogens with zero attached hydrogens (tertiary/aromatic N) is 2. The fraction of sp³-hybridized carbons (Fsp3) is 0.208. The largest absolute Gasteiger partial charge is 0.399 e. The van der Waals surface area contributed by atoms with E-state index in [1.54, 1.807) is 30.5 Å². The Morgan fingerprint density at radius 2 is 1.94 bits per heavy atom. The van der Waals surface area contributed by atoms with Crippen molar-refractivity contribution in [3.63, 3.8) is 0 Å². The topological polar surface area (TPSA) is 102 Å². The molecule has 1 fully saturated rings. The van der Waals surface area contributed by atoms with Gasteiger partial charge in [-0.3, -0.25) is 0 Å². The van der Waals surface area contributed by atoms with Gasteiger partial charge in [0.15, 0.2) is 0 Å². The van der Waals surface area contributed by atoms with Crippen molar-refractivity contribution in [2.45, 2.75) is 12.5 Å². The molecule has 1 aliphatic heterocycles. The Bertz CT molecular complexity index is 1400. The summed E-state index contributed by atoms with van der Waals surface area (Å²) in [6, 6.07) is 17.1. The highest BCUT2D eigenvalue weighted by Crippen LogP contribution is 2.32. The molecule has 0 spiro atoms. The van der Waals surface area contributed by atoms with E-state index in [-0.39, 0.29) is 11.8 Å². The number of para-hydroxylation sites is 1. The van der Waals surface area contributed by atoms with Crippen LogP contribution >= 0.6 is 0 Å². The monoisotopic (exact) mass is 447 g/mol. The Labute approximate surface area is 187 Å². The van der Waals surface area contributed by atoms with Gasteiger partial charge in [-0.05, 0) is 42.8 Å². The predicted octanol–water partition coefficient (Wildman–Crippen LogP) is 3.44. The van der Waals surface area contributed by atoms with Gasteiger partial charge in [0.1, 0.15) is 5.82 Å². The van der Waals surface area contributed by atoms with Gasteiger partial charge in [0.25, 0.3) is 0 Å². The highest BCUT2D eigenvalue weighted by molar-refractivity contribution is 7.90. The minimum absolute atomic E-state index is 0.118. The standard InChI is InChI=1S/C24H25N5O2S/c25-18-9-7-17(8-10-18)4-3-15-32(30,31)29-14-12-21-23(29)20-5-1-2-6-22(20)28-24(21)27-19-11-13-26-16-19/h1-10,12,14,19,26H,11,13,15-16,25H2,(H,27,28). The number of nitrogens with one attached hydrogen (secondary N) is 2. The number of fused-ring (bicyclic) bond motifs is 3. The number of hydrogen-bond acceptors (Lipinski definition) is 6. The van der Waals surface area contributed by atoms with Gasteiger partial charge in [-0.2, -0.15) is 0 Å². The Hall–Kier alpha value is -3.36. The minimum atomic E-state index is -3.62. The molecular weight excluding hydrogens is 422 g/mol. The number of nitrogens with two attached hydrogens (primary N) is 1. The third kappa shape index (κ3) is 3.94. The van der Waals surface area contributed by atoms with Crippen molar-refractivity contribution >= 4 is 49.4 Å². The third-order valence-corrected chi connectivity index (χ3v) is 7.27. The molecule has 0 radical (unpaired) electrons. The molecule has 8 heteroatoms. The smallest absolute Gasteiger partial charge is 0.242 e. The lowest BCUT2D eigenvalue weighted by Crippen LogP contribution is -2.23. The summed E-state index contributed by atoms with van der Waals surface area (Å²) in [6.07, 6.45) is 6.09. The molecule has 0 saturated carbocycles. The molecule has 5 rings (SSSR count). The predicted molar refractivity (Wildman–Crippen MR) is 131 cm³/mol. The first-order valence-electron chi connectivity index (χ1n) is 10.6. The maximum Gasteiger partial charge on any atom is 0.242 e. The average molecular weight is 448 g/mol. The van der Waals surface area contributed by atoms with E-state index >= 15 is 0 Å². The van der Waals surface area contributed by atoms with E-state index in [1.165, 1.54) is 3.97 Å². The van der Waals surface area contributed by atoms with Crippen molar-refractivity contribution in [2.24, 2.45) is 0 Å². The number of anilines is 2. The number of rotatable bonds is 6. The number of pyridine rings is 1. The number of nitrogen functional groups attached to an aromatic ring is 1. The molecule has 4 N–H and O–H groups in total. The number of hydrogen-bond donors (Lipinski definition) is 3. The molecular formula is C24H25N5O2S. The van der Waals surface area contributed by atoms with E-state index in [4.69, 9.17) is 10.7 Å². The molecule has 1 unspecified atom stereocenters. The van der Waals surface area contributed by atoms with Crippen molar-refractivity contribution in [3.8, 4) is 0 Å². The fourth-order valence-corrected chi connectivity index (χ4v) is 5.35. The molecule has 2 aromatic heterocycles. The van der Waals surface area contributed by atoms with Crippen LogP contribution in [-0.2, 0) is 10.0 Å². The Balaban J connectivity index is 1.54. The van der Waals surface area contributed by atoms with E-state index in [0.717, 1.165) is 47.2 Å². The first-order valence-corrected chi connectivity index (χ1v) is 12.2. The van der Waals surface area contributed by atoms with Gasteiger partial charge in [0.05, 0.1) is 16.8 Å². The first kappa shape index (κ1) is 20.5. The van der Waals surface area contributed by atoms with Crippen LogP contribution in [0.4, 0.5) is 11.5 Å². The number of aromatic nitrogens is 2. The highest BCUT2D eigenvalue weighted by atomic mass is 32.2. The molecule has 3 heterocycles. The molecule has 0 bridgehead atoms.